The molecule has 1 fully saturated rings. The van der Waals surface area contributed by atoms with E-state index in [2.05, 4.69) is 0 Å². The molecule has 2 rings (SSSR count). The third kappa shape index (κ3) is 3.62. The Morgan fingerprint density at radius 1 is 1.50 bits per heavy atom. The predicted octanol–water partition coefficient (Wildman–Crippen LogP) is 0.470. The van der Waals surface area contributed by atoms with Crippen LogP contribution in [0.25, 0.3) is 0 Å². The van der Waals surface area contributed by atoms with Gasteiger partial charge in [0.15, 0.2) is 9.84 Å². The van der Waals surface area contributed by atoms with Gasteiger partial charge < -0.3 is 15.6 Å². The number of ether oxygens (including phenoxy) is 1. The quantitative estimate of drug-likeness (QED) is 0.817. The highest BCUT2D eigenvalue weighted by Crippen LogP contribution is 2.29. The molecule has 1 heterocycles. The second-order valence-corrected chi connectivity index (χ2v) is 7.29. The molecular weight excluding hydrogens is 306 g/mol. The van der Waals surface area contributed by atoms with E-state index in [4.69, 9.17) is 27.2 Å². The summed E-state index contributed by atoms with van der Waals surface area (Å²) in [5.74, 6) is -0.704. The number of sulfone groups is 1. The summed E-state index contributed by atoms with van der Waals surface area (Å²) in [7, 11) is -2.95. The minimum Gasteiger partial charge on any atom is -0.487 e. The predicted molar refractivity (Wildman–Crippen MR) is 73.8 cm³/mol. The van der Waals surface area contributed by atoms with E-state index in [-0.39, 0.29) is 24.0 Å². The van der Waals surface area contributed by atoms with Crippen LogP contribution in [0.2, 0.25) is 5.02 Å². The van der Waals surface area contributed by atoms with E-state index in [0.717, 1.165) is 0 Å². The maximum absolute atomic E-state index is 11.0. The molecule has 1 aromatic rings. The highest BCUT2D eigenvalue weighted by Gasteiger charge is 2.35. The summed E-state index contributed by atoms with van der Waals surface area (Å²) in [6.07, 6.45) is -0.211. The summed E-state index contributed by atoms with van der Waals surface area (Å²) >= 11 is 6.03. The number of carboxylic acid groups (broad SMARTS) is 1. The van der Waals surface area contributed by atoms with E-state index in [1.54, 1.807) is 18.2 Å². The molecule has 8 heteroatoms. The van der Waals surface area contributed by atoms with E-state index in [9.17, 15) is 13.2 Å². The van der Waals surface area contributed by atoms with Crippen molar-refractivity contribution in [1.82, 2.24) is 0 Å². The number of carbonyl (C=O) groups is 1. The smallest absolute Gasteiger partial charge is 0.320 e. The lowest BCUT2D eigenvalue weighted by Gasteiger charge is -2.27. The fourth-order valence-corrected chi connectivity index (χ4v) is 3.29. The number of rotatable bonds is 5. The molecule has 6 nitrogen and oxygen atoms in total. The number of hydrogen-bond donors (Lipinski definition) is 2. The Bertz CT molecular complexity index is 619. The van der Waals surface area contributed by atoms with Gasteiger partial charge in [-0.2, -0.15) is 0 Å². The van der Waals surface area contributed by atoms with Crippen molar-refractivity contribution in [2.45, 2.75) is 18.6 Å². The first-order valence-corrected chi connectivity index (χ1v) is 8.10. The molecule has 0 bridgehead atoms. The zero-order valence-electron chi connectivity index (χ0n) is 10.5. The Labute approximate surface area is 121 Å². The molecule has 1 saturated heterocycles. The van der Waals surface area contributed by atoms with Crippen molar-refractivity contribution in [3.8, 4) is 5.75 Å². The average Bonchev–Trinajstić information content (AvgIpc) is 2.30. The SMILES string of the molecule is NC(Cc1ccc(OC2CS(=O)(=O)C2)c(Cl)c1)C(=O)O. The van der Waals surface area contributed by atoms with Crippen LogP contribution in [-0.2, 0) is 21.1 Å². The normalized spacial score (nSPS) is 19.1. The lowest BCUT2D eigenvalue weighted by molar-refractivity contribution is -0.138. The van der Waals surface area contributed by atoms with Gasteiger partial charge in [-0.1, -0.05) is 17.7 Å². The highest BCUT2D eigenvalue weighted by atomic mass is 35.5. The van der Waals surface area contributed by atoms with E-state index in [1.807, 2.05) is 0 Å². The lowest BCUT2D eigenvalue weighted by Crippen LogP contribution is -2.45. The molecule has 1 aliphatic heterocycles. The summed E-state index contributed by atoms with van der Waals surface area (Å²) in [6, 6.07) is 3.84. The van der Waals surface area contributed by atoms with Crippen LogP contribution in [0.15, 0.2) is 18.2 Å². The number of hydrogen-bond acceptors (Lipinski definition) is 5. The van der Waals surface area contributed by atoms with Crippen molar-refractivity contribution in [3.05, 3.63) is 28.8 Å². The van der Waals surface area contributed by atoms with Gasteiger partial charge in [0.05, 0.1) is 16.5 Å². The molecule has 20 heavy (non-hydrogen) atoms. The molecule has 0 amide bonds. The van der Waals surface area contributed by atoms with Crippen molar-refractivity contribution in [3.63, 3.8) is 0 Å². The summed E-state index contributed by atoms with van der Waals surface area (Å²) in [5.41, 5.74) is 6.12. The molecule has 0 aromatic heterocycles. The van der Waals surface area contributed by atoms with Gasteiger partial charge in [0.1, 0.15) is 17.9 Å². The fourth-order valence-electron chi connectivity index (χ4n) is 1.87. The Morgan fingerprint density at radius 3 is 2.65 bits per heavy atom. The van der Waals surface area contributed by atoms with Crippen LogP contribution in [0.3, 0.4) is 0 Å². The van der Waals surface area contributed by atoms with E-state index < -0.39 is 21.8 Å². The third-order valence-electron chi connectivity index (χ3n) is 2.94. The van der Waals surface area contributed by atoms with Gasteiger partial charge in [0.25, 0.3) is 0 Å². The molecular formula is C12H14ClNO5S. The summed E-state index contributed by atoms with van der Waals surface area (Å²) in [4.78, 5) is 10.7. The molecule has 0 aliphatic carbocycles. The summed E-state index contributed by atoms with van der Waals surface area (Å²) in [5, 5.41) is 9.04. The molecule has 110 valence electrons. The number of halogens is 1. The monoisotopic (exact) mass is 319 g/mol. The second kappa shape index (κ2) is 5.59. The van der Waals surface area contributed by atoms with Crippen LogP contribution in [0.5, 0.6) is 5.75 Å². The molecule has 3 N–H and O–H groups in total. The highest BCUT2D eigenvalue weighted by molar-refractivity contribution is 7.92. The molecule has 1 unspecified atom stereocenters. The van der Waals surface area contributed by atoms with Gasteiger partial charge in [-0.3, -0.25) is 4.79 Å². The van der Waals surface area contributed by atoms with Gasteiger partial charge in [-0.05, 0) is 24.1 Å². The van der Waals surface area contributed by atoms with Crippen LogP contribution in [0.4, 0.5) is 0 Å². The second-order valence-electron chi connectivity index (χ2n) is 4.73. The standard InChI is InChI=1S/C12H14ClNO5S/c13-9-3-7(4-10(14)12(15)16)1-2-11(9)19-8-5-20(17,18)6-8/h1-3,8,10H,4-6,14H2,(H,15,16). The Morgan fingerprint density at radius 2 is 2.15 bits per heavy atom. The average molecular weight is 320 g/mol. The van der Waals surface area contributed by atoms with Crippen LogP contribution < -0.4 is 10.5 Å². The molecule has 1 atom stereocenters. The van der Waals surface area contributed by atoms with Gasteiger partial charge in [-0.15, -0.1) is 0 Å². The van der Waals surface area contributed by atoms with Crippen LogP contribution in [0, 0.1) is 0 Å². The Balaban J connectivity index is 2.01. The summed E-state index contributed by atoms with van der Waals surface area (Å²) in [6.45, 7) is 0. The third-order valence-corrected chi connectivity index (χ3v) is 5.00. The van der Waals surface area contributed by atoms with Gasteiger partial charge in [0, 0.05) is 0 Å². The molecule has 0 spiro atoms. The topological polar surface area (TPSA) is 107 Å². The first-order valence-electron chi connectivity index (χ1n) is 5.91. The van der Waals surface area contributed by atoms with Crippen molar-refractivity contribution >= 4 is 27.4 Å². The minimum atomic E-state index is -2.95. The van der Waals surface area contributed by atoms with Crippen LogP contribution >= 0.6 is 11.6 Å². The van der Waals surface area contributed by atoms with Gasteiger partial charge >= 0.3 is 5.97 Å². The van der Waals surface area contributed by atoms with Crippen molar-refractivity contribution in [2.75, 3.05) is 11.5 Å². The van der Waals surface area contributed by atoms with Crippen molar-refractivity contribution in [2.24, 2.45) is 5.73 Å². The number of carboxylic acids is 1. The lowest BCUT2D eigenvalue weighted by atomic mass is 10.1. The molecule has 0 radical (unpaired) electrons. The van der Waals surface area contributed by atoms with E-state index in [0.29, 0.717) is 16.3 Å². The zero-order valence-corrected chi connectivity index (χ0v) is 12.0. The fraction of sp³-hybridized carbons (Fsp3) is 0.417. The first kappa shape index (κ1) is 15.1. The molecule has 1 aromatic carbocycles. The van der Waals surface area contributed by atoms with E-state index in [1.165, 1.54) is 0 Å². The zero-order chi connectivity index (χ0) is 14.9. The molecule has 1 aliphatic rings. The first-order chi connectivity index (χ1) is 9.27. The number of benzene rings is 1. The maximum atomic E-state index is 11.0. The van der Waals surface area contributed by atoms with Crippen molar-refractivity contribution < 1.29 is 23.1 Å². The largest absolute Gasteiger partial charge is 0.487 e. The van der Waals surface area contributed by atoms with Crippen LogP contribution in [0.1, 0.15) is 5.56 Å². The minimum absolute atomic E-state index is 0.00499. The van der Waals surface area contributed by atoms with Gasteiger partial charge in [-0.25, -0.2) is 8.42 Å². The number of nitrogens with two attached hydrogens (primary N) is 1. The van der Waals surface area contributed by atoms with E-state index >= 15 is 0 Å². The number of aliphatic carboxylic acids is 1. The Hall–Kier alpha value is -1.31. The summed E-state index contributed by atoms with van der Waals surface area (Å²) < 4.78 is 27.5. The van der Waals surface area contributed by atoms with Crippen molar-refractivity contribution in [1.29, 1.82) is 0 Å². The van der Waals surface area contributed by atoms with Gasteiger partial charge in [0.2, 0.25) is 0 Å². The Kier molecular flexibility index (Phi) is 4.22. The maximum Gasteiger partial charge on any atom is 0.320 e. The van der Waals surface area contributed by atoms with Crippen LogP contribution in [-0.4, -0.2) is 43.1 Å². The molecule has 0 saturated carbocycles.